The van der Waals surface area contributed by atoms with Crippen LogP contribution >= 0.6 is 12.3 Å². The molecule has 0 unspecified atom stereocenters. The van der Waals surface area contributed by atoms with Crippen molar-refractivity contribution in [2.75, 3.05) is 0 Å². The first-order chi connectivity index (χ1) is 18.2. The first-order valence-electron chi connectivity index (χ1n) is 16.3. The molecule has 0 aromatic rings. The molecule has 0 N–H and O–H groups in total. The van der Waals surface area contributed by atoms with Crippen LogP contribution in [0.25, 0.3) is 0 Å². The summed E-state index contributed by atoms with van der Waals surface area (Å²) in [6, 6.07) is 0. The first-order valence-corrected chi connectivity index (χ1v) is 16.9. The van der Waals surface area contributed by atoms with Gasteiger partial charge in [-0.2, -0.15) is 0 Å². The van der Waals surface area contributed by atoms with E-state index >= 15 is 0 Å². The molecule has 0 fully saturated rings. The summed E-state index contributed by atoms with van der Waals surface area (Å²) in [5, 5.41) is 0. The summed E-state index contributed by atoms with van der Waals surface area (Å²) in [4.78, 5) is 23.6. The van der Waals surface area contributed by atoms with Gasteiger partial charge in [0.15, 0.2) is 0 Å². The van der Waals surface area contributed by atoms with Gasteiger partial charge in [0.1, 0.15) is 0 Å². The van der Waals surface area contributed by atoms with Gasteiger partial charge in [0, 0.05) is 12.8 Å². The lowest BCUT2D eigenvalue weighted by molar-refractivity contribution is -0.136. The molecule has 0 amide bonds. The molecule has 0 aliphatic carbocycles. The van der Waals surface area contributed by atoms with Gasteiger partial charge in [0.25, 0.3) is 12.3 Å². The maximum Gasteiger partial charge on any atom is 0.320 e. The summed E-state index contributed by atoms with van der Waals surface area (Å²) in [6.07, 6.45) is 34.2. The molecule has 0 saturated carbocycles. The number of hydrogen-bond donors (Lipinski definition) is 0. The van der Waals surface area contributed by atoms with Crippen molar-refractivity contribution in [3.05, 3.63) is 0 Å². The Balaban J connectivity index is 3.27. The third kappa shape index (κ3) is 31.4. The molecule has 0 saturated heterocycles. The fourth-order valence-corrected chi connectivity index (χ4v) is 5.10. The van der Waals surface area contributed by atoms with Crippen LogP contribution in [0.15, 0.2) is 0 Å². The van der Waals surface area contributed by atoms with Gasteiger partial charge < -0.3 is 8.37 Å². The molecule has 220 valence electrons. The lowest BCUT2D eigenvalue weighted by Crippen LogP contribution is -2.03. The predicted molar refractivity (Wildman–Crippen MR) is 160 cm³/mol. The molecule has 4 nitrogen and oxygen atoms in total. The van der Waals surface area contributed by atoms with Gasteiger partial charge in [0.05, 0.1) is 0 Å². The number of unbranched alkanes of at least 4 members (excludes halogenated alkanes) is 24. The molecule has 0 radical (unpaired) electrons. The third-order valence-corrected chi connectivity index (χ3v) is 7.73. The molecule has 0 spiro atoms. The molecule has 0 aromatic heterocycles. The van der Waals surface area contributed by atoms with E-state index in [0.717, 1.165) is 25.7 Å². The fraction of sp³-hybridized carbons (Fsp3) is 0.938. The van der Waals surface area contributed by atoms with Crippen LogP contribution in [0.4, 0.5) is 0 Å². The minimum atomic E-state index is -0.290. The van der Waals surface area contributed by atoms with Crippen molar-refractivity contribution >= 4 is 24.3 Å². The summed E-state index contributed by atoms with van der Waals surface area (Å²) in [7, 11) is 0. The summed E-state index contributed by atoms with van der Waals surface area (Å²) in [5.74, 6) is -0.580. The lowest BCUT2D eigenvalue weighted by Gasteiger charge is -2.04. The van der Waals surface area contributed by atoms with E-state index < -0.39 is 0 Å². The predicted octanol–water partition coefficient (Wildman–Crippen LogP) is 11.6. The van der Waals surface area contributed by atoms with Gasteiger partial charge in [0.2, 0.25) is 0 Å². The van der Waals surface area contributed by atoms with Crippen LogP contribution in [0, 0.1) is 0 Å². The van der Waals surface area contributed by atoms with Gasteiger partial charge in [-0.1, -0.05) is 168 Å². The van der Waals surface area contributed by atoms with Crippen molar-refractivity contribution in [3.8, 4) is 0 Å². The topological polar surface area (TPSA) is 52.6 Å². The van der Waals surface area contributed by atoms with E-state index in [-0.39, 0.29) is 11.9 Å². The zero-order valence-electron chi connectivity index (χ0n) is 24.8. The molecule has 5 heteroatoms. The first kappa shape index (κ1) is 36.3. The van der Waals surface area contributed by atoms with Gasteiger partial charge in [-0.25, -0.2) is 0 Å². The highest BCUT2D eigenvalue weighted by atomic mass is 32.2. The Kier molecular flexibility index (Phi) is 30.9. The zero-order chi connectivity index (χ0) is 27.1. The van der Waals surface area contributed by atoms with Gasteiger partial charge in [-0.05, 0) is 12.8 Å². The second-order valence-electron chi connectivity index (χ2n) is 11.0. The van der Waals surface area contributed by atoms with Crippen molar-refractivity contribution in [3.63, 3.8) is 0 Å². The van der Waals surface area contributed by atoms with Crippen molar-refractivity contribution in [2.45, 2.75) is 194 Å². The van der Waals surface area contributed by atoms with Crippen LogP contribution in [-0.2, 0) is 18.0 Å². The molecule has 37 heavy (non-hydrogen) atoms. The van der Waals surface area contributed by atoms with E-state index in [1.165, 1.54) is 141 Å². The van der Waals surface area contributed by atoms with Gasteiger partial charge in [-0.15, -0.1) is 0 Å². The molecule has 0 aromatic carbocycles. The lowest BCUT2D eigenvalue weighted by atomic mass is 10.0. The van der Waals surface area contributed by atoms with Crippen LogP contribution in [-0.4, -0.2) is 11.9 Å². The van der Waals surface area contributed by atoms with Crippen molar-refractivity contribution in [2.24, 2.45) is 0 Å². The van der Waals surface area contributed by atoms with Crippen LogP contribution in [0.5, 0.6) is 0 Å². The average molecular weight is 543 g/mol. The molecule has 0 heterocycles. The smallest absolute Gasteiger partial charge is 0.320 e. The monoisotopic (exact) mass is 542 g/mol. The quantitative estimate of drug-likeness (QED) is 0.0667. The molecule has 0 atom stereocenters. The van der Waals surface area contributed by atoms with E-state index in [1.54, 1.807) is 0 Å². The van der Waals surface area contributed by atoms with Crippen LogP contribution in [0.2, 0.25) is 0 Å². The maximum absolute atomic E-state index is 11.8. The number of carbonyl (C=O) groups excluding carboxylic acids is 2. The molecular formula is C32H62O4S. The Bertz CT molecular complexity index is 441. The summed E-state index contributed by atoms with van der Waals surface area (Å²) < 4.78 is 9.95. The summed E-state index contributed by atoms with van der Waals surface area (Å²) >= 11 is 0.541. The Morgan fingerprint density at radius 3 is 0.838 bits per heavy atom. The Morgan fingerprint density at radius 2 is 0.595 bits per heavy atom. The average Bonchev–Trinajstić information content (AvgIpc) is 2.89. The van der Waals surface area contributed by atoms with E-state index in [9.17, 15) is 9.59 Å². The van der Waals surface area contributed by atoms with E-state index in [0.29, 0.717) is 25.2 Å². The number of carbonyl (C=O) groups is 2. The minimum absolute atomic E-state index is 0.290. The van der Waals surface area contributed by atoms with Crippen molar-refractivity contribution in [1.82, 2.24) is 0 Å². The van der Waals surface area contributed by atoms with Crippen LogP contribution in [0.3, 0.4) is 0 Å². The Labute approximate surface area is 235 Å². The second-order valence-corrected chi connectivity index (χ2v) is 11.4. The van der Waals surface area contributed by atoms with E-state index in [4.69, 9.17) is 8.37 Å². The second kappa shape index (κ2) is 31.5. The molecule has 0 bridgehead atoms. The highest BCUT2D eigenvalue weighted by Gasteiger charge is 2.08. The SMILES string of the molecule is CCCCCCCCCCCCCCCC(=O)OSOC(=O)CCCCCCCCCCCCCCC. The van der Waals surface area contributed by atoms with Crippen LogP contribution < -0.4 is 0 Å². The Hall–Kier alpha value is -0.710. The highest BCUT2D eigenvalue weighted by molar-refractivity contribution is 7.90. The van der Waals surface area contributed by atoms with E-state index in [2.05, 4.69) is 13.8 Å². The molecular weight excluding hydrogens is 480 g/mol. The fourth-order valence-electron chi connectivity index (χ4n) is 4.75. The molecule has 0 rings (SSSR count). The number of hydrogen-bond acceptors (Lipinski definition) is 5. The molecule has 0 aliphatic heterocycles. The zero-order valence-corrected chi connectivity index (χ0v) is 25.7. The van der Waals surface area contributed by atoms with Crippen molar-refractivity contribution in [1.29, 1.82) is 0 Å². The standard InChI is InChI=1S/C32H62O4S/c1-3-5-7-9-11-13-15-17-19-21-23-25-27-29-31(33)35-37-36-32(34)30-28-26-24-22-20-18-16-14-12-10-8-6-4-2/h3-30H2,1-2H3. The Morgan fingerprint density at radius 1 is 0.378 bits per heavy atom. The minimum Gasteiger partial charge on any atom is -0.355 e. The summed E-state index contributed by atoms with van der Waals surface area (Å²) in [6.45, 7) is 4.53. The van der Waals surface area contributed by atoms with E-state index in [1.807, 2.05) is 0 Å². The van der Waals surface area contributed by atoms with Crippen molar-refractivity contribution < 1.29 is 18.0 Å². The van der Waals surface area contributed by atoms with Crippen LogP contribution in [0.1, 0.15) is 194 Å². The van der Waals surface area contributed by atoms with Gasteiger partial charge >= 0.3 is 11.9 Å². The summed E-state index contributed by atoms with van der Waals surface area (Å²) in [5.41, 5.74) is 0. The molecule has 0 aliphatic rings. The highest BCUT2D eigenvalue weighted by Crippen LogP contribution is 2.16. The van der Waals surface area contributed by atoms with Gasteiger partial charge in [-0.3, -0.25) is 9.59 Å². The largest absolute Gasteiger partial charge is 0.355 e. The third-order valence-electron chi connectivity index (χ3n) is 7.22. The maximum atomic E-state index is 11.8. The normalized spacial score (nSPS) is 11.1. The number of rotatable bonds is 30.